The Morgan fingerprint density at radius 1 is 1.17 bits per heavy atom. The van der Waals surface area contributed by atoms with E-state index in [1.165, 1.54) is 22.2 Å². The maximum absolute atomic E-state index is 12.5. The van der Waals surface area contributed by atoms with Gasteiger partial charge in [-0.3, -0.25) is 4.79 Å². The predicted octanol–water partition coefficient (Wildman–Crippen LogP) is 4.53. The van der Waals surface area contributed by atoms with Crippen LogP contribution in [0.1, 0.15) is 15.9 Å². The molecule has 0 bridgehead atoms. The number of thiophene rings is 1. The van der Waals surface area contributed by atoms with Gasteiger partial charge in [-0.25, -0.2) is 0 Å². The van der Waals surface area contributed by atoms with Crippen LogP contribution in [0, 0.1) is 0 Å². The van der Waals surface area contributed by atoms with Crippen molar-refractivity contribution in [2.75, 3.05) is 17.7 Å². The quantitative estimate of drug-likeness (QED) is 0.461. The third-order valence-corrected chi connectivity index (χ3v) is 4.45. The Kier molecular flexibility index (Phi) is 7.24. The van der Waals surface area contributed by atoms with Gasteiger partial charge in [0.15, 0.2) is 0 Å². The van der Waals surface area contributed by atoms with Crippen molar-refractivity contribution in [1.82, 2.24) is 0 Å². The van der Waals surface area contributed by atoms with Crippen LogP contribution in [0.25, 0.3) is 10.1 Å². The minimum atomic E-state index is -1.39. The van der Waals surface area contributed by atoms with Crippen LogP contribution in [0.3, 0.4) is 0 Å². The predicted molar refractivity (Wildman–Crippen MR) is 102 cm³/mol. The number of carbonyl (C=O) groups is 1. The second-order valence-electron chi connectivity index (χ2n) is 4.92. The van der Waals surface area contributed by atoms with Crippen LogP contribution in [0.5, 0.6) is 0 Å². The van der Waals surface area contributed by atoms with Gasteiger partial charge in [0.05, 0.1) is 17.2 Å². The van der Waals surface area contributed by atoms with E-state index >= 15 is 0 Å². The SMILES string of the molecule is O=C(F)c1ccc(CNc2cc3ccccc3s2)cc1.OCCS. The summed E-state index contributed by atoms with van der Waals surface area (Å²) >= 11 is 5.37. The van der Waals surface area contributed by atoms with E-state index in [2.05, 4.69) is 36.1 Å². The number of hydrogen-bond donors (Lipinski definition) is 3. The van der Waals surface area contributed by atoms with Crippen LogP contribution < -0.4 is 5.32 Å². The third kappa shape index (κ3) is 5.33. The highest BCUT2D eigenvalue weighted by molar-refractivity contribution is 7.80. The molecule has 0 saturated carbocycles. The van der Waals surface area contributed by atoms with Crippen LogP contribution in [0.4, 0.5) is 9.39 Å². The molecule has 1 aromatic heterocycles. The summed E-state index contributed by atoms with van der Waals surface area (Å²) in [5.74, 6) is 0.569. The molecular weight excluding hydrogens is 345 g/mol. The first-order valence-corrected chi connectivity index (χ1v) is 8.82. The summed E-state index contributed by atoms with van der Waals surface area (Å²) in [5, 5.41) is 13.5. The van der Waals surface area contributed by atoms with Gasteiger partial charge in [0.2, 0.25) is 0 Å². The molecule has 0 saturated heterocycles. The zero-order valence-electron chi connectivity index (χ0n) is 12.9. The lowest BCUT2D eigenvalue weighted by Crippen LogP contribution is -1.98. The molecule has 2 N–H and O–H groups in total. The molecule has 3 nitrogen and oxygen atoms in total. The Labute approximate surface area is 149 Å². The van der Waals surface area contributed by atoms with Crippen molar-refractivity contribution in [3.63, 3.8) is 0 Å². The zero-order chi connectivity index (χ0) is 17.4. The second kappa shape index (κ2) is 9.42. The van der Waals surface area contributed by atoms with E-state index in [1.54, 1.807) is 23.5 Å². The zero-order valence-corrected chi connectivity index (χ0v) is 14.6. The molecule has 0 radical (unpaired) electrons. The first-order valence-electron chi connectivity index (χ1n) is 7.37. The normalized spacial score (nSPS) is 10.1. The molecule has 126 valence electrons. The van der Waals surface area contributed by atoms with Crippen LogP contribution >= 0.6 is 24.0 Å². The lowest BCUT2D eigenvalue weighted by molar-refractivity contribution is 0.0836. The van der Waals surface area contributed by atoms with Crippen LogP contribution in [-0.4, -0.2) is 23.5 Å². The first kappa shape index (κ1) is 18.4. The third-order valence-electron chi connectivity index (χ3n) is 3.17. The molecule has 6 heteroatoms. The Hall–Kier alpha value is -1.89. The molecule has 3 aromatic rings. The molecular formula is C18H18FNO2S2. The number of aliphatic hydroxyl groups is 1. The monoisotopic (exact) mass is 363 g/mol. The Morgan fingerprint density at radius 2 is 1.83 bits per heavy atom. The molecule has 0 aliphatic heterocycles. The molecule has 0 fully saturated rings. The van der Waals surface area contributed by atoms with E-state index in [-0.39, 0.29) is 12.2 Å². The fourth-order valence-electron chi connectivity index (χ4n) is 2.01. The minimum absolute atomic E-state index is 0.0932. The van der Waals surface area contributed by atoms with Crippen molar-refractivity contribution in [3.05, 3.63) is 65.7 Å². The summed E-state index contributed by atoms with van der Waals surface area (Å²) < 4.78 is 13.7. The summed E-state index contributed by atoms with van der Waals surface area (Å²) in [6, 6.07) is 15.5. The van der Waals surface area contributed by atoms with Gasteiger partial charge in [0.1, 0.15) is 0 Å². The summed E-state index contributed by atoms with van der Waals surface area (Å²) in [6.45, 7) is 0.830. The largest absolute Gasteiger partial charge is 0.396 e. The number of aliphatic hydroxyl groups excluding tert-OH is 1. The highest BCUT2D eigenvalue weighted by Crippen LogP contribution is 2.29. The number of fused-ring (bicyclic) bond motifs is 1. The number of hydrogen-bond acceptors (Lipinski definition) is 5. The average molecular weight is 363 g/mol. The fourth-order valence-corrected chi connectivity index (χ4v) is 2.97. The maximum atomic E-state index is 12.5. The standard InChI is InChI=1S/C16H12FNOS.C2H6OS/c17-16(19)12-7-5-11(6-8-12)10-18-15-9-13-3-1-2-4-14(13)20-15;3-1-2-4/h1-9,18H,10H2;3-4H,1-2H2. The van der Waals surface area contributed by atoms with Crippen molar-refractivity contribution in [2.24, 2.45) is 0 Å². The molecule has 3 rings (SSSR count). The van der Waals surface area contributed by atoms with E-state index in [0.717, 1.165) is 10.6 Å². The molecule has 0 spiro atoms. The number of rotatable bonds is 5. The van der Waals surface area contributed by atoms with Crippen LogP contribution in [0.2, 0.25) is 0 Å². The Balaban J connectivity index is 0.000000471. The summed E-state index contributed by atoms with van der Waals surface area (Å²) in [7, 11) is 0. The van der Waals surface area contributed by atoms with E-state index in [4.69, 9.17) is 5.11 Å². The molecule has 0 aliphatic rings. The minimum Gasteiger partial charge on any atom is -0.396 e. The van der Waals surface area contributed by atoms with Crippen LogP contribution in [-0.2, 0) is 6.54 Å². The van der Waals surface area contributed by atoms with Crippen molar-refractivity contribution in [3.8, 4) is 0 Å². The van der Waals surface area contributed by atoms with E-state index < -0.39 is 6.04 Å². The van der Waals surface area contributed by atoms with Crippen molar-refractivity contribution >= 4 is 45.1 Å². The van der Waals surface area contributed by atoms with Crippen molar-refractivity contribution in [1.29, 1.82) is 0 Å². The number of thiol groups is 1. The first-order chi connectivity index (χ1) is 11.6. The topological polar surface area (TPSA) is 49.3 Å². The highest BCUT2D eigenvalue weighted by Gasteiger charge is 2.04. The fraction of sp³-hybridized carbons (Fsp3) is 0.167. The van der Waals surface area contributed by atoms with Gasteiger partial charge >= 0.3 is 6.04 Å². The van der Waals surface area contributed by atoms with Crippen LogP contribution in [0.15, 0.2) is 54.6 Å². The molecule has 0 amide bonds. The number of halogens is 1. The molecule has 1 heterocycles. The molecule has 0 atom stereocenters. The van der Waals surface area contributed by atoms with Gasteiger partial charge in [0, 0.05) is 17.0 Å². The van der Waals surface area contributed by atoms with E-state index in [0.29, 0.717) is 12.3 Å². The number of anilines is 1. The molecule has 24 heavy (non-hydrogen) atoms. The molecule has 0 aliphatic carbocycles. The number of nitrogens with one attached hydrogen (secondary N) is 1. The Bertz CT molecular complexity index is 752. The van der Waals surface area contributed by atoms with Gasteiger partial charge in [-0.1, -0.05) is 30.3 Å². The Morgan fingerprint density at radius 3 is 2.42 bits per heavy atom. The second-order valence-corrected chi connectivity index (χ2v) is 6.45. The van der Waals surface area contributed by atoms with Crippen molar-refractivity contribution in [2.45, 2.75) is 6.54 Å². The summed E-state index contributed by atoms with van der Waals surface area (Å²) in [4.78, 5) is 10.6. The summed E-state index contributed by atoms with van der Waals surface area (Å²) in [5.41, 5.74) is 1.10. The molecule has 2 aromatic carbocycles. The van der Waals surface area contributed by atoms with E-state index in [1.807, 2.05) is 12.1 Å². The van der Waals surface area contributed by atoms with Gasteiger partial charge in [0.25, 0.3) is 0 Å². The molecule has 0 unspecified atom stereocenters. The van der Waals surface area contributed by atoms with Gasteiger partial charge < -0.3 is 10.4 Å². The highest BCUT2D eigenvalue weighted by atomic mass is 32.1. The van der Waals surface area contributed by atoms with Gasteiger partial charge in [-0.2, -0.15) is 17.0 Å². The smallest absolute Gasteiger partial charge is 0.332 e. The average Bonchev–Trinajstić information content (AvgIpc) is 3.03. The van der Waals surface area contributed by atoms with Crippen molar-refractivity contribution < 1.29 is 14.3 Å². The lowest BCUT2D eigenvalue weighted by atomic mass is 10.1. The van der Waals surface area contributed by atoms with Gasteiger partial charge in [-0.15, -0.1) is 11.3 Å². The number of carbonyl (C=O) groups excluding carboxylic acids is 1. The maximum Gasteiger partial charge on any atom is 0.332 e. The van der Waals surface area contributed by atoms with E-state index in [9.17, 15) is 9.18 Å². The van der Waals surface area contributed by atoms with Gasteiger partial charge in [-0.05, 0) is 35.2 Å². The lowest BCUT2D eigenvalue weighted by Gasteiger charge is -2.03. The number of benzene rings is 2. The summed E-state index contributed by atoms with van der Waals surface area (Å²) in [6.07, 6.45) is 0.